The van der Waals surface area contributed by atoms with E-state index in [1.54, 1.807) is 31.5 Å². The molecule has 0 aliphatic heterocycles. The highest BCUT2D eigenvalue weighted by Gasteiger charge is 2.19. The summed E-state index contributed by atoms with van der Waals surface area (Å²) in [4.78, 5) is 25.0. The summed E-state index contributed by atoms with van der Waals surface area (Å²) in [6.45, 7) is 0. The molecule has 0 radical (unpaired) electrons. The van der Waals surface area contributed by atoms with Crippen molar-refractivity contribution in [3.63, 3.8) is 0 Å². The van der Waals surface area contributed by atoms with E-state index in [2.05, 4.69) is 16.0 Å². The van der Waals surface area contributed by atoms with Gasteiger partial charge < -0.3 is 18.6 Å². The molecule has 0 atom stereocenters. The molecule has 31 heavy (non-hydrogen) atoms. The van der Waals surface area contributed by atoms with Crippen LogP contribution in [0.5, 0.6) is 11.5 Å². The van der Waals surface area contributed by atoms with E-state index in [1.807, 2.05) is 35.9 Å². The van der Waals surface area contributed by atoms with Crippen LogP contribution in [0, 0.1) is 0 Å². The molecule has 2 aromatic carbocycles. The first-order valence-electron chi connectivity index (χ1n) is 9.35. The van der Waals surface area contributed by atoms with Gasteiger partial charge in [0.15, 0.2) is 11.5 Å². The number of para-hydroxylation sites is 1. The number of nitrogens with one attached hydrogen (secondary N) is 2. The second-order valence-corrected chi connectivity index (χ2v) is 6.72. The summed E-state index contributed by atoms with van der Waals surface area (Å²) in [5.74, 6) is 0.392. The Morgan fingerprint density at radius 3 is 2.55 bits per heavy atom. The average molecular weight is 420 g/mol. The molecule has 0 spiro atoms. The first kappa shape index (κ1) is 20.0. The van der Waals surface area contributed by atoms with Gasteiger partial charge in [-0.15, -0.1) is 0 Å². The minimum atomic E-state index is -0.620. The first-order chi connectivity index (χ1) is 15.0. The number of aromatic nitrogens is 2. The Morgan fingerprint density at radius 1 is 1.00 bits per heavy atom. The van der Waals surface area contributed by atoms with E-state index < -0.39 is 11.8 Å². The molecule has 0 saturated heterocycles. The number of hydrogen-bond donors (Lipinski definition) is 2. The Bertz CT molecular complexity index is 1270. The summed E-state index contributed by atoms with van der Waals surface area (Å²) in [6.07, 6.45) is 1.70. The van der Waals surface area contributed by atoms with Crippen LogP contribution in [0.4, 0.5) is 0 Å². The van der Waals surface area contributed by atoms with E-state index in [4.69, 9.17) is 14.0 Å². The van der Waals surface area contributed by atoms with Crippen LogP contribution in [0.2, 0.25) is 0 Å². The molecule has 158 valence electrons. The third kappa shape index (κ3) is 3.80. The molecule has 0 aliphatic rings. The van der Waals surface area contributed by atoms with Crippen LogP contribution in [-0.4, -0.2) is 35.8 Å². The smallest absolute Gasteiger partial charge is 0.291 e. The lowest BCUT2D eigenvalue weighted by Gasteiger charge is -2.07. The van der Waals surface area contributed by atoms with Crippen molar-refractivity contribution < 1.29 is 23.6 Å². The predicted octanol–water partition coefficient (Wildman–Crippen LogP) is 2.93. The van der Waals surface area contributed by atoms with E-state index in [1.165, 1.54) is 13.2 Å². The lowest BCUT2D eigenvalue weighted by Crippen LogP contribution is -2.41. The Labute approximate surface area is 177 Å². The molecule has 4 rings (SSSR count). The van der Waals surface area contributed by atoms with Crippen LogP contribution in [0.15, 0.2) is 59.3 Å². The number of benzene rings is 2. The van der Waals surface area contributed by atoms with Crippen molar-refractivity contribution in [2.75, 3.05) is 14.2 Å². The number of amides is 2. The maximum atomic E-state index is 12.6. The van der Waals surface area contributed by atoms with Crippen LogP contribution in [0.3, 0.4) is 0 Å². The fraction of sp³-hybridized carbons (Fsp3) is 0.136. The maximum absolute atomic E-state index is 12.6. The number of hydrogen-bond acceptors (Lipinski definition) is 6. The Morgan fingerprint density at radius 2 is 1.77 bits per heavy atom. The van der Waals surface area contributed by atoms with Gasteiger partial charge in [-0.05, 0) is 24.3 Å². The molecule has 4 aromatic rings. The van der Waals surface area contributed by atoms with Crippen LogP contribution < -0.4 is 20.3 Å². The zero-order valence-corrected chi connectivity index (χ0v) is 17.1. The van der Waals surface area contributed by atoms with Gasteiger partial charge in [-0.1, -0.05) is 23.4 Å². The average Bonchev–Trinajstić information content (AvgIpc) is 3.42. The van der Waals surface area contributed by atoms with Gasteiger partial charge in [0.25, 0.3) is 11.8 Å². The molecular formula is C22H20N4O5. The van der Waals surface area contributed by atoms with Crippen LogP contribution in [0.25, 0.3) is 22.2 Å². The highest BCUT2D eigenvalue weighted by Crippen LogP contribution is 2.33. The summed E-state index contributed by atoms with van der Waals surface area (Å²) in [7, 11) is 4.92. The van der Waals surface area contributed by atoms with E-state index in [0.717, 1.165) is 10.9 Å². The van der Waals surface area contributed by atoms with Gasteiger partial charge in [0, 0.05) is 30.2 Å². The fourth-order valence-electron chi connectivity index (χ4n) is 3.28. The number of ether oxygens (including phenoxy) is 2. The van der Waals surface area contributed by atoms with E-state index in [9.17, 15) is 9.59 Å². The molecule has 0 aliphatic carbocycles. The van der Waals surface area contributed by atoms with Crippen molar-refractivity contribution in [2.24, 2.45) is 7.05 Å². The molecule has 2 N–H and O–H groups in total. The fourth-order valence-corrected chi connectivity index (χ4v) is 3.28. The first-order valence-corrected chi connectivity index (χ1v) is 9.35. The lowest BCUT2D eigenvalue weighted by molar-refractivity contribution is 0.0842. The zero-order valence-electron chi connectivity index (χ0n) is 17.1. The standard InChI is InChI=1S/C22H20N4O5/c1-26-12-16(14-6-4-5-7-18(14)26)21(27)23-24-22(28)17-11-20(31-25-17)15-10-13(29-2)8-9-19(15)30-3/h4-12H,1-3H3,(H,23,27)(H,24,28). The van der Waals surface area contributed by atoms with Gasteiger partial charge in [-0.25, -0.2) is 0 Å². The van der Waals surface area contributed by atoms with Crippen molar-refractivity contribution in [3.05, 3.63) is 66.0 Å². The molecule has 2 amide bonds. The Kier molecular flexibility index (Phi) is 5.31. The number of carbonyl (C=O) groups excluding carboxylic acids is 2. The monoisotopic (exact) mass is 420 g/mol. The molecule has 9 nitrogen and oxygen atoms in total. The quantitative estimate of drug-likeness (QED) is 0.481. The molecule has 0 unspecified atom stereocenters. The van der Waals surface area contributed by atoms with E-state index in [-0.39, 0.29) is 5.69 Å². The lowest BCUT2D eigenvalue weighted by atomic mass is 10.1. The second-order valence-electron chi connectivity index (χ2n) is 6.72. The molecule has 2 aromatic heterocycles. The summed E-state index contributed by atoms with van der Waals surface area (Å²) in [5, 5.41) is 4.57. The van der Waals surface area contributed by atoms with Crippen molar-refractivity contribution >= 4 is 22.7 Å². The number of fused-ring (bicyclic) bond motifs is 1. The van der Waals surface area contributed by atoms with Crippen LogP contribution in [0.1, 0.15) is 20.8 Å². The number of carbonyl (C=O) groups is 2. The molecule has 2 heterocycles. The Balaban J connectivity index is 1.49. The topological polar surface area (TPSA) is 108 Å². The third-order valence-electron chi connectivity index (χ3n) is 4.85. The summed E-state index contributed by atoms with van der Waals surface area (Å²) < 4.78 is 17.7. The largest absolute Gasteiger partial charge is 0.497 e. The summed E-state index contributed by atoms with van der Waals surface area (Å²) in [5.41, 5.74) is 6.70. The van der Waals surface area contributed by atoms with Crippen molar-refractivity contribution in [1.29, 1.82) is 0 Å². The van der Waals surface area contributed by atoms with Gasteiger partial charge in [0.1, 0.15) is 11.5 Å². The second kappa shape index (κ2) is 8.23. The highest BCUT2D eigenvalue weighted by atomic mass is 16.5. The summed E-state index contributed by atoms with van der Waals surface area (Å²) in [6, 6.07) is 14.1. The summed E-state index contributed by atoms with van der Waals surface area (Å²) >= 11 is 0. The minimum Gasteiger partial charge on any atom is -0.497 e. The van der Waals surface area contributed by atoms with Crippen molar-refractivity contribution in [2.45, 2.75) is 0 Å². The number of rotatable bonds is 5. The van der Waals surface area contributed by atoms with E-state index >= 15 is 0 Å². The number of methoxy groups -OCH3 is 2. The molecular weight excluding hydrogens is 400 g/mol. The van der Waals surface area contributed by atoms with Gasteiger partial charge in [-0.3, -0.25) is 20.4 Å². The van der Waals surface area contributed by atoms with Crippen LogP contribution >= 0.6 is 0 Å². The highest BCUT2D eigenvalue weighted by molar-refractivity contribution is 6.07. The molecule has 9 heteroatoms. The predicted molar refractivity (Wildman–Crippen MR) is 113 cm³/mol. The van der Waals surface area contributed by atoms with Gasteiger partial charge in [0.05, 0.1) is 25.3 Å². The zero-order chi connectivity index (χ0) is 22.0. The number of aryl methyl sites for hydroxylation is 1. The third-order valence-corrected chi connectivity index (χ3v) is 4.85. The van der Waals surface area contributed by atoms with Crippen molar-refractivity contribution in [3.8, 4) is 22.8 Å². The van der Waals surface area contributed by atoms with Gasteiger partial charge >= 0.3 is 0 Å². The Hall–Kier alpha value is -4.27. The van der Waals surface area contributed by atoms with Crippen LogP contribution in [-0.2, 0) is 7.05 Å². The minimum absolute atomic E-state index is 0.00177. The van der Waals surface area contributed by atoms with Crippen molar-refractivity contribution in [1.82, 2.24) is 20.6 Å². The maximum Gasteiger partial charge on any atom is 0.291 e. The number of hydrazine groups is 1. The molecule has 0 bridgehead atoms. The molecule has 0 saturated carbocycles. The van der Waals surface area contributed by atoms with Gasteiger partial charge in [-0.2, -0.15) is 0 Å². The normalized spacial score (nSPS) is 10.7. The number of nitrogens with zero attached hydrogens (tertiary/aromatic N) is 2. The van der Waals surface area contributed by atoms with Gasteiger partial charge in [0.2, 0.25) is 0 Å². The SMILES string of the molecule is COc1ccc(OC)c(-c2cc(C(=O)NNC(=O)c3cn(C)c4ccccc34)no2)c1. The van der Waals surface area contributed by atoms with E-state index in [0.29, 0.717) is 28.4 Å². The molecule has 0 fully saturated rings.